The fourth-order valence-corrected chi connectivity index (χ4v) is 3.62. The molecule has 166 valence electrons. The molecule has 0 saturated carbocycles. The van der Waals surface area contributed by atoms with Crippen LogP contribution in [0.3, 0.4) is 0 Å². The molecule has 0 spiro atoms. The number of morpholine rings is 1. The van der Waals surface area contributed by atoms with Gasteiger partial charge in [-0.25, -0.2) is 8.42 Å². The largest absolute Gasteiger partial charge is 0.379 e. The summed E-state index contributed by atoms with van der Waals surface area (Å²) < 4.78 is 53.3. The Morgan fingerprint density at radius 3 is 2.03 bits per heavy atom. The molecule has 31 heavy (non-hydrogen) atoms. The van der Waals surface area contributed by atoms with E-state index in [2.05, 4.69) is 10.6 Å². The van der Waals surface area contributed by atoms with E-state index in [1.165, 1.54) is 0 Å². The molecule has 0 unspecified atom stereocenters. The Labute approximate surface area is 178 Å². The number of halogens is 2. The molecule has 2 aromatic carbocycles. The molecule has 2 aromatic rings. The number of anilines is 2. The highest BCUT2D eigenvalue weighted by Gasteiger charge is 2.26. The lowest BCUT2D eigenvalue weighted by molar-refractivity contribution is -0.118. The molecule has 1 fully saturated rings. The predicted molar refractivity (Wildman–Crippen MR) is 110 cm³/mol. The zero-order valence-corrected chi connectivity index (χ0v) is 17.2. The van der Waals surface area contributed by atoms with Crippen LogP contribution in [0.5, 0.6) is 0 Å². The smallest absolute Gasteiger partial charge is 0.341 e. The standard InChI is InChI=1S/C20H21F2N3O5S/c21-20(22)31(28,29)17-7-1-14(2-8-17)19(27)24-16-5-3-15(4-6-16)23-18(26)13-25-9-11-30-12-10-25/h1-8,20H,9-13H2,(H,23,26)(H,24,27). The van der Waals surface area contributed by atoms with E-state index < -0.39 is 26.4 Å². The van der Waals surface area contributed by atoms with Gasteiger partial charge in [-0.1, -0.05) is 0 Å². The van der Waals surface area contributed by atoms with Crippen molar-refractivity contribution in [3.05, 3.63) is 54.1 Å². The molecule has 0 atom stereocenters. The van der Waals surface area contributed by atoms with Crippen LogP contribution in [-0.2, 0) is 19.4 Å². The minimum absolute atomic E-state index is 0.108. The minimum atomic E-state index is -4.71. The van der Waals surface area contributed by atoms with Crippen molar-refractivity contribution in [2.24, 2.45) is 0 Å². The third-order valence-corrected chi connectivity index (χ3v) is 5.98. The number of alkyl halides is 2. The monoisotopic (exact) mass is 453 g/mol. The highest BCUT2D eigenvalue weighted by atomic mass is 32.2. The van der Waals surface area contributed by atoms with Crippen LogP contribution in [-0.4, -0.2) is 63.7 Å². The van der Waals surface area contributed by atoms with Gasteiger partial charge in [0, 0.05) is 30.0 Å². The van der Waals surface area contributed by atoms with Crippen LogP contribution in [0, 0.1) is 0 Å². The summed E-state index contributed by atoms with van der Waals surface area (Å²) in [6.07, 6.45) is 0. The molecule has 2 amide bonds. The van der Waals surface area contributed by atoms with E-state index in [1.807, 2.05) is 4.90 Å². The van der Waals surface area contributed by atoms with Gasteiger partial charge in [0.05, 0.1) is 24.7 Å². The Kier molecular flexibility index (Phi) is 7.31. The van der Waals surface area contributed by atoms with E-state index in [0.29, 0.717) is 37.7 Å². The molecule has 1 aliphatic heterocycles. The lowest BCUT2D eigenvalue weighted by atomic mass is 10.2. The summed E-state index contributed by atoms with van der Waals surface area (Å²) in [6.45, 7) is 2.87. The van der Waals surface area contributed by atoms with Gasteiger partial charge >= 0.3 is 5.76 Å². The number of rotatable bonds is 7. The molecule has 0 aliphatic carbocycles. The van der Waals surface area contributed by atoms with Gasteiger partial charge in [0.25, 0.3) is 5.91 Å². The Bertz CT molecular complexity index is 1020. The average Bonchev–Trinajstić information content (AvgIpc) is 2.75. The Hall–Kier alpha value is -2.89. The highest BCUT2D eigenvalue weighted by Crippen LogP contribution is 2.20. The molecule has 1 saturated heterocycles. The van der Waals surface area contributed by atoms with Gasteiger partial charge in [-0.05, 0) is 48.5 Å². The van der Waals surface area contributed by atoms with Crippen molar-refractivity contribution in [1.82, 2.24) is 4.90 Å². The number of ether oxygens (including phenoxy) is 1. The van der Waals surface area contributed by atoms with Crippen molar-refractivity contribution in [3.8, 4) is 0 Å². The molecule has 2 N–H and O–H groups in total. The molecule has 3 rings (SSSR count). The number of carbonyl (C=O) groups is 2. The second kappa shape index (κ2) is 9.94. The second-order valence-corrected chi connectivity index (χ2v) is 8.72. The zero-order valence-electron chi connectivity index (χ0n) is 16.4. The molecule has 11 heteroatoms. The third-order valence-electron chi connectivity index (χ3n) is 4.58. The van der Waals surface area contributed by atoms with Crippen LogP contribution >= 0.6 is 0 Å². The molecule has 8 nitrogen and oxygen atoms in total. The maximum absolute atomic E-state index is 12.6. The number of nitrogens with zero attached hydrogens (tertiary/aromatic N) is 1. The summed E-state index contributed by atoms with van der Waals surface area (Å²) in [5, 5.41) is 5.39. The van der Waals surface area contributed by atoms with E-state index >= 15 is 0 Å². The van der Waals surface area contributed by atoms with Crippen LogP contribution < -0.4 is 10.6 Å². The van der Waals surface area contributed by atoms with E-state index in [0.717, 1.165) is 24.3 Å². The summed E-state index contributed by atoms with van der Waals surface area (Å²) in [6, 6.07) is 10.7. The van der Waals surface area contributed by atoms with Crippen LogP contribution in [0.15, 0.2) is 53.4 Å². The summed E-state index contributed by atoms with van der Waals surface area (Å²) >= 11 is 0. The highest BCUT2D eigenvalue weighted by molar-refractivity contribution is 7.91. The van der Waals surface area contributed by atoms with Gasteiger partial charge in [-0.3, -0.25) is 14.5 Å². The van der Waals surface area contributed by atoms with Gasteiger partial charge in [-0.2, -0.15) is 8.78 Å². The molecule has 1 aliphatic rings. The molecule has 1 heterocycles. The molecule has 0 aromatic heterocycles. The van der Waals surface area contributed by atoms with E-state index in [1.54, 1.807) is 24.3 Å². The number of nitrogens with one attached hydrogen (secondary N) is 2. The van der Waals surface area contributed by atoms with Crippen molar-refractivity contribution in [3.63, 3.8) is 0 Å². The predicted octanol–water partition coefficient (Wildman–Crippen LogP) is 2.21. The topological polar surface area (TPSA) is 105 Å². The zero-order chi connectivity index (χ0) is 22.4. The maximum Gasteiger partial charge on any atom is 0.341 e. The summed E-state index contributed by atoms with van der Waals surface area (Å²) in [5.74, 6) is -4.22. The quantitative estimate of drug-likeness (QED) is 0.666. The Morgan fingerprint density at radius 1 is 0.935 bits per heavy atom. The summed E-state index contributed by atoms with van der Waals surface area (Å²) in [4.78, 5) is 25.8. The first-order chi connectivity index (χ1) is 14.8. The fraction of sp³-hybridized carbons (Fsp3) is 0.300. The van der Waals surface area contributed by atoms with Gasteiger partial charge < -0.3 is 15.4 Å². The van der Waals surface area contributed by atoms with Crippen LogP contribution in [0.25, 0.3) is 0 Å². The van der Waals surface area contributed by atoms with Crippen LogP contribution in [0.2, 0.25) is 0 Å². The van der Waals surface area contributed by atoms with Crippen molar-refractivity contribution in [1.29, 1.82) is 0 Å². The van der Waals surface area contributed by atoms with Gasteiger partial charge in [0.15, 0.2) is 0 Å². The molecular formula is C20H21F2N3O5S. The van der Waals surface area contributed by atoms with E-state index in [9.17, 15) is 26.8 Å². The Balaban J connectivity index is 1.55. The number of hydrogen-bond donors (Lipinski definition) is 2. The van der Waals surface area contributed by atoms with E-state index in [4.69, 9.17) is 4.74 Å². The third kappa shape index (κ3) is 6.06. The maximum atomic E-state index is 12.6. The SMILES string of the molecule is O=C(CN1CCOCC1)Nc1ccc(NC(=O)c2ccc(S(=O)(=O)C(F)F)cc2)cc1. The number of sulfone groups is 1. The van der Waals surface area contributed by atoms with Gasteiger partial charge in [0.1, 0.15) is 0 Å². The summed E-state index contributed by atoms with van der Waals surface area (Å²) in [7, 11) is -4.71. The van der Waals surface area contributed by atoms with E-state index in [-0.39, 0.29) is 18.0 Å². The van der Waals surface area contributed by atoms with Gasteiger partial charge in [-0.15, -0.1) is 0 Å². The van der Waals surface area contributed by atoms with Crippen molar-refractivity contribution in [2.75, 3.05) is 43.5 Å². The first kappa shape index (κ1) is 22.8. The van der Waals surface area contributed by atoms with Gasteiger partial charge in [0.2, 0.25) is 15.7 Å². The summed E-state index contributed by atoms with van der Waals surface area (Å²) in [5.41, 5.74) is 1.12. The number of benzene rings is 2. The van der Waals surface area contributed by atoms with Crippen molar-refractivity contribution < 1.29 is 31.5 Å². The number of carbonyl (C=O) groups excluding carboxylic acids is 2. The first-order valence-electron chi connectivity index (χ1n) is 9.39. The number of hydrogen-bond acceptors (Lipinski definition) is 6. The lowest BCUT2D eigenvalue weighted by Gasteiger charge is -2.25. The normalized spacial score (nSPS) is 14.9. The Morgan fingerprint density at radius 2 is 1.48 bits per heavy atom. The van der Waals surface area contributed by atoms with Crippen molar-refractivity contribution in [2.45, 2.75) is 10.7 Å². The van der Waals surface area contributed by atoms with Crippen LogP contribution in [0.1, 0.15) is 10.4 Å². The minimum Gasteiger partial charge on any atom is -0.379 e. The number of amides is 2. The second-order valence-electron chi connectivity index (χ2n) is 6.80. The van der Waals surface area contributed by atoms with Crippen molar-refractivity contribution >= 4 is 33.0 Å². The molecule has 0 radical (unpaired) electrons. The molecule has 0 bridgehead atoms. The average molecular weight is 453 g/mol. The molecular weight excluding hydrogens is 432 g/mol. The lowest BCUT2D eigenvalue weighted by Crippen LogP contribution is -2.41. The fourth-order valence-electron chi connectivity index (χ4n) is 2.90. The first-order valence-corrected chi connectivity index (χ1v) is 10.9. The van der Waals surface area contributed by atoms with Crippen LogP contribution in [0.4, 0.5) is 20.2 Å².